The third-order valence-corrected chi connectivity index (χ3v) is 9.32. The van der Waals surface area contributed by atoms with Crippen molar-refractivity contribution < 1.29 is 27.5 Å². The average Bonchev–Trinajstić information content (AvgIpc) is 3.05. The van der Waals surface area contributed by atoms with Gasteiger partial charge in [0.25, 0.3) is 10.0 Å². The molecule has 236 valence electrons. The van der Waals surface area contributed by atoms with E-state index in [4.69, 9.17) is 9.47 Å². The molecular formula is C35H39N3O6S. The molecule has 1 N–H and O–H groups in total. The fraction of sp³-hybridized carbons (Fsp3) is 0.257. The highest BCUT2D eigenvalue weighted by Crippen LogP contribution is 2.34. The van der Waals surface area contributed by atoms with E-state index in [2.05, 4.69) is 5.32 Å². The molecule has 9 nitrogen and oxygen atoms in total. The van der Waals surface area contributed by atoms with Crippen molar-refractivity contribution in [3.05, 3.63) is 119 Å². The van der Waals surface area contributed by atoms with Crippen molar-refractivity contribution >= 4 is 27.5 Å². The van der Waals surface area contributed by atoms with Crippen LogP contribution < -0.4 is 19.1 Å². The molecule has 0 heterocycles. The molecule has 0 aromatic heterocycles. The third kappa shape index (κ3) is 8.02. The molecular weight excluding hydrogens is 590 g/mol. The van der Waals surface area contributed by atoms with Crippen molar-refractivity contribution in [2.75, 3.05) is 32.1 Å². The maximum atomic E-state index is 14.4. The van der Waals surface area contributed by atoms with Gasteiger partial charge in [0.05, 0.1) is 24.8 Å². The number of likely N-dealkylation sites (N-methyl/N-ethyl adjacent to an activating group) is 1. The third-order valence-electron chi connectivity index (χ3n) is 7.53. The van der Waals surface area contributed by atoms with Crippen LogP contribution in [0.3, 0.4) is 0 Å². The molecule has 0 saturated heterocycles. The van der Waals surface area contributed by atoms with Gasteiger partial charge in [-0.15, -0.1) is 0 Å². The summed E-state index contributed by atoms with van der Waals surface area (Å²) in [5.41, 5.74) is 3.80. The van der Waals surface area contributed by atoms with Crippen LogP contribution in [0.1, 0.15) is 22.3 Å². The Morgan fingerprint density at radius 3 is 1.96 bits per heavy atom. The van der Waals surface area contributed by atoms with Gasteiger partial charge in [-0.3, -0.25) is 13.9 Å². The zero-order valence-corrected chi connectivity index (χ0v) is 27.0. The van der Waals surface area contributed by atoms with Crippen LogP contribution in [0, 0.1) is 13.8 Å². The monoisotopic (exact) mass is 629 g/mol. The van der Waals surface area contributed by atoms with Crippen LogP contribution in [0.4, 0.5) is 5.69 Å². The van der Waals surface area contributed by atoms with E-state index in [-0.39, 0.29) is 29.5 Å². The standard InChI is InChI=1S/C35H39N3O6S/c1-25-11-15-28(16-12-25)23-37(31(35(40)36-3)21-27-9-7-6-8-10-27)34(39)24-38(29-17-20-32(43-4)33(22-29)44-5)45(41,42)30-18-13-26(2)14-19-30/h6-20,22,31H,21,23-24H2,1-5H3,(H,36,40). The smallest absolute Gasteiger partial charge is 0.264 e. The zero-order chi connectivity index (χ0) is 32.6. The fourth-order valence-electron chi connectivity index (χ4n) is 4.96. The first-order valence-electron chi connectivity index (χ1n) is 14.5. The molecule has 45 heavy (non-hydrogen) atoms. The van der Waals surface area contributed by atoms with Crippen molar-refractivity contribution in [2.45, 2.75) is 37.8 Å². The molecule has 0 bridgehead atoms. The summed E-state index contributed by atoms with van der Waals surface area (Å²) < 4.78 is 40.3. The molecule has 10 heteroatoms. The van der Waals surface area contributed by atoms with Crippen molar-refractivity contribution in [3.63, 3.8) is 0 Å². The molecule has 1 unspecified atom stereocenters. The lowest BCUT2D eigenvalue weighted by molar-refractivity contribution is -0.139. The second-order valence-electron chi connectivity index (χ2n) is 10.7. The SMILES string of the molecule is CNC(=O)C(Cc1ccccc1)N(Cc1ccc(C)cc1)C(=O)CN(c1ccc(OC)c(OC)c1)S(=O)(=O)c1ccc(C)cc1. The molecule has 4 aromatic rings. The number of sulfonamides is 1. The summed E-state index contributed by atoms with van der Waals surface area (Å²) in [7, 11) is 0.210. The van der Waals surface area contributed by atoms with Gasteiger partial charge in [0.2, 0.25) is 11.8 Å². The van der Waals surface area contributed by atoms with Crippen LogP contribution in [0.2, 0.25) is 0 Å². The summed E-state index contributed by atoms with van der Waals surface area (Å²) in [6, 6.07) is 27.2. The van der Waals surface area contributed by atoms with E-state index in [1.54, 1.807) is 24.3 Å². The highest BCUT2D eigenvalue weighted by atomic mass is 32.2. The number of aryl methyl sites for hydroxylation is 2. The molecule has 0 aliphatic rings. The van der Waals surface area contributed by atoms with Gasteiger partial charge in [-0.1, -0.05) is 77.9 Å². The normalized spacial score (nSPS) is 11.8. The van der Waals surface area contributed by atoms with Crippen LogP contribution in [-0.4, -0.2) is 59.0 Å². The van der Waals surface area contributed by atoms with Gasteiger partial charge in [-0.2, -0.15) is 0 Å². The van der Waals surface area contributed by atoms with Gasteiger partial charge in [-0.25, -0.2) is 8.42 Å². The molecule has 4 aromatic carbocycles. The minimum atomic E-state index is -4.24. The Morgan fingerprint density at radius 1 is 0.778 bits per heavy atom. The molecule has 0 aliphatic carbocycles. The Hall–Kier alpha value is -4.83. The topological polar surface area (TPSA) is 105 Å². The Kier molecular flexibility index (Phi) is 10.9. The number of benzene rings is 4. The van der Waals surface area contributed by atoms with Gasteiger partial charge in [0.15, 0.2) is 11.5 Å². The number of carbonyl (C=O) groups is 2. The predicted octanol–water partition coefficient (Wildman–Crippen LogP) is 4.90. The fourth-order valence-corrected chi connectivity index (χ4v) is 6.36. The van der Waals surface area contributed by atoms with Crippen molar-refractivity contribution in [1.82, 2.24) is 10.2 Å². The lowest BCUT2D eigenvalue weighted by atomic mass is 10.0. The molecule has 4 rings (SSSR count). The van der Waals surface area contributed by atoms with Crippen molar-refractivity contribution in [3.8, 4) is 11.5 Å². The lowest BCUT2D eigenvalue weighted by Gasteiger charge is -2.33. The Balaban J connectivity index is 1.82. The quantitative estimate of drug-likeness (QED) is 0.226. The number of ether oxygens (including phenoxy) is 2. The van der Waals surface area contributed by atoms with Crippen LogP contribution in [0.15, 0.2) is 102 Å². The van der Waals surface area contributed by atoms with E-state index >= 15 is 0 Å². The van der Waals surface area contributed by atoms with Crippen LogP contribution in [-0.2, 0) is 32.6 Å². The Labute approximate surface area is 265 Å². The Bertz CT molecular complexity index is 1710. The molecule has 1 atom stereocenters. The van der Waals surface area contributed by atoms with E-state index in [1.807, 2.05) is 68.4 Å². The number of methoxy groups -OCH3 is 2. The first-order valence-corrected chi connectivity index (χ1v) is 15.9. The maximum Gasteiger partial charge on any atom is 0.264 e. The lowest BCUT2D eigenvalue weighted by Crippen LogP contribution is -2.53. The summed E-state index contributed by atoms with van der Waals surface area (Å²) in [4.78, 5) is 29.3. The largest absolute Gasteiger partial charge is 0.493 e. The number of anilines is 1. The van der Waals surface area contributed by atoms with E-state index in [0.29, 0.717) is 11.5 Å². The average molecular weight is 630 g/mol. The molecule has 0 fully saturated rings. The van der Waals surface area contributed by atoms with Crippen LogP contribution >= 0.6 is 0 Å². The van der Waals surface area contributed by atoms with E-state index in [1.165, 1.54) is 44.4 Å². The van der Waals surface area contributed by atoms with Crippen LogP contribution in [0.25, 0.3) is 0 Å². The molecule has 0 aliphatic heterocycles. The number of hydrogen-bond donors (Lipinski definition) is 1. The van der Waals surface area contributed by atoms with E-state index < -0.39 is 28.5 Å². The van der Waals surface area contributed by atoms with Gasteiger partial charge in [0.1, 0.15) is 12.6 Å². The van der Waals surface area contributed by atoms with Gasteiger partial charge in [-0.05, 0) is 49.2 Å². The number of nitrogens with zero attached hydrogens (tertiary/aromatic N) is 2. The molecule has 0 radical (unpaired) electrons. The summed E-state index contributed by atoms with van der Waals surface area (Å²) >= 11 is 0. The number of rotatable bonds is 13. The van der Waals surface area contributed by atoms with Crippen molar-refractivity contribution in [1.29, 1.82) is 0 Å². The van der Waals surface area contributed by atoms with Gasteiger partial charge >= 0.3 is 0 Å². The Morgan fingerprint density at radius 2 is 1.38 bits per heavy atom. The number of hydrogen-bond acceptors (Lipinski definition) is 6. The van der Waals surface area contributed by atoms with Crippen molar-refractivity contribution in [2.24, 2.45) is 0 Å². The number of amides is 2. The zero-order valence-electron chi connectivity index (χ0n) is 26.2. The van der Waals surface area contributed by atoms with Crippen LogP contribution in [0.5, 0.6) is 11.5 Å². The summed E-state index contributed by atoms with van der Waals surface area (Å²) in [5.74, 6) is -0.205. The minimum Gasteiger partial charge on any atom is -0.493 e. The van der Waals surface area contributed by atoms with Gasteiger partial charge in [0, 0.05) is 26.1 Å². The highest BCUT2D eigenvalue weighted by molar-refractivity contribution is 7.92. The molecule has 0 saturated carbocycles. The minimum absolute atomic E-state index is 0.0212. The summed E-state index contributed by atoms with van der Waals surface area (Å²) in [6.45, 7) is 3.35. The number of carbonyl (C=O) groups excluding carboxylic acids is 2. The second kappa shape index (κ2) is 14.8. The first-order chi connectivity index (χ1) is 21.6. The highest BCUT2D eigenvalue weighted by Gasteiger charge is 2.34. The summed E-state index contributed by atoms with van der Waals surface area (Å²) in [5, 5.41) is 2.69. The maximum absolute atomic E-state index is 14.4. The van der Waals surface area contributed by atoms with E-state index in [9.17, 15) is 18.0 Å². The molecule has 0 spiro atoms. The van der Waals surface area contributed by atoms with Gasteiger partial charge < -0.3 is 19.7 Å². The second-order valence-corrected chi connectivity index (χ2v) is 12.6. The van der Waals surface area contributed by atoms with E-state index in [0.717, 1.165) is 26.6 Å². The molecule has 2 amide bonds. The first kappa shape index (κ1) is 33.1. The predicted molar refractivity (Wildman–Crippen MR) is 175 cm³/mol. The summed E-state index contributed by atoms with van der Waals surface area (Å²) in [6.07, 6.45) is 0.235. The number of nitrogens with one attached hydrogen (secondary N) is 1.